The summed E-state index contributed by atoms with van der Waals surface area (Å²) < 4.78 is 5.10. The van der Waals surface area contributed by atoms with Gasteiger partial charge in [-0.1, -0.05) is 6.92 Å². The number of hydrogen-bond acceptors (Lipinski definition) is 3. The summed E-state index contributed by atoms with van der Waals surface area (Å²) in [5, 5.41) is 7.70. The molecule has 1 rings (SSSR count). The Kier molecular flexibility index (Phi) is 5.15. The van der Waals surface area contributed by atoms with Gasteiger partial charge in [0.05, 0.1) is 0 Å². The molecule has 80 valence electrons. The molecule has 2 unspecified atom stereocenters. The van der Waals surface area contributed by atoms with Gasteiger partial charge in [-0.05, 0) is 41.8 Å². The Bertz CT molecular complexity index is 235. The van der Waals surface area contributed by atoms with Crippen LogP contribution in [0, 0.1) is 5.92 Å². The summed E-state index contributed by atoms with van der Waals surface area (Å²) in [7, 11) is 3.78. The fourth-order valence-corrected chi connectivity index (χ4v) is 2.40. The summed E-state index contributed by atoms with van der Waals surface area (Å²) in [5.74, 6) is 0.606. The first kappa shape index (κ1) is 11.7. The Morgan fingerprint density at radius 1 is 1.57 bits per heavy atom. The van der Waals surface area contributed by atoms with Crippen LogP contribution in [0.25, 0.3) is 0 Å². The van der Waals surface area contributed by atoms with E-state index in [1.54, 1.807) is 18.4 Å². The van der Waals surface area contributed by atoms with Crippen LogP contribution in [0.3, 0.4) is 0 Å². The number of methoxy groups -OCH3 is 1. The van der Waals surface area contributed by atoms with Crippen molar-refractivity contribution in [2.75, 3.05) is 20.8 Å². The molecule has 0 spiro atoms. The summed E-state index contributed by atoms with van der Waals surface area (Å²) in [6, 6.07) is 2.64. The number of ether oxygens (including phenoxy) is 1. The van der Waals surface area contributed by atoms with Gasteiger partial charge in [-0.2, -0.15) is 11.3 Å². The molecule has 0 bridgehead atoms. The smallest absolute Gasteiger partial charge is 0.0465 e. The predicted molar refractivity (Wildman–Crippen MR) is 61.8 cm³/mol. The third-order valence-corrected chi connectivity index (χ3v) is 3.26. The van der Waals surface area contributed by atoms with Gasteiger partial charge in [0.2, 0.25) is 0 Å². The highest BCUT2D eigenvalue weighted by Crippen LogP contribution is 2.25. The van der Waals surface area contributed by atoms with Crippen LogP contribution in [0.4, 0.5) is 0 Å². The molecule has 0 radical (unpaired) electrons. The second-order valence-electron chi connectivity index (χ2n) is 3.58. The lowest BCUT2D eigenvalue weighted by Gasteiger charge is -2.22. The molecule has 1 heterocycles. The first-order valence-corrected chi connectivity index (χ1v) is 5.92. The maximum Gasteiger partial charge on any atom is 0.0465 e. The first-order valence-electron chi connectivity index (χ1n) is 4.98. The van der Waals surface area contributed by atoms with Crippen LogP contribution in [0.15, 0.2) is 16.8 Å². The number of nitrogens with one attached hydrogen (secondary N) is 1. The van der Waals surface area contributed by atoms with Crippen molar-refractivity contribution in [3.05, 3.63) is 22.4 Å². The molecule has 0 saturated carbocycles. The molecule has 2 atom stereocenters. The number of hydrogen-bond donors (Lipinski definition) is 1. The summed E-state index contributed by atoms with van der Waals surface area (Å²) in [6.07, 6.45) is 1.10. The second-order valence-corrected chi connectivity index (χ2v) is 4.36. The maximum atomic E-state index is 5.10. The van der Waals surface area contributed by atoms with Crippen molar-refractivity contribution in [1.82, 2.24) is 5.32 Å². The van der Waals surface area contributed by atoms with Gasteiger partial charge in [-0.25, -0.2) is 0 Å². The normalized spacial score (nSPS) is 15.4. The predicted octanol–water partition coefficient (Wildman–Crippen LogP) is 2.68. The number of rotatable bonds is 6. The lowest BCUT2D eigenvalue weighted by atomic mass is 9.94. The second kappa shape index (κ2) is 6.17. The third-order valence-electron chi connectivity index (χ3n) is 2.56. The lowest BCUT2D eigenvalue weighted by Crippen LogP contribution is -2.23. The molecular formula is C11H19NOS. The Morgan fingerprint density at radius 3 is 2.86 bits per heavy atom. The van der Waals surface area contributed by atoms with Crippen molar-refractivity contribution < 1.29 is 4.74 Å². The molecule has 3 heteroatoms. The quantitative estimate of drug-likeness (QED) is 0.784. The Morgan fingerprint density at radius 2 is 2.36 bits per heavy atom. The highest BCUT2D eigenvalue weighted by Gasteiger charge is 2.17. The molecule has 0 aromatic carbocycles. The molecule has 0 aliphatic carbocycles. The van der Waals surface area contributed by atoms with Crippen molar-refractivity contribution in [3.63, 3.8) is 0 Å². The summed E-state index contributed by atoms with van der Waals surface area (Å²) >= 11 is 1.75. The first-order chi connectivity index (χ1) is 6.79. The van der Waals surface area contributed by atoms with Gasteiger partial charge < -0.3 is 10.1 Å². The van der Waals surface area contributed by atoms with Crippen LogP contribution >= 0.6 is 11.3 Å². The van der Waals surface area contributed by atoms with Gasteiger partial charge in [0.15, 0.2) is 0 Å². The van der Waals surface area contributed by atoms with E-state index in [0.717, 1.165) is 13.0 Å². The number of thiophene rings is 1. The van der Waals surface area contributed by atoms with Crippen LogP contribution in [-0.2, 0) is 4.74 Å². The molecule has 0 aliphatic rings. The standard InChI is InChI=1S/C11H19NOS/c1-9(4-6-13-3)11(12-2)10-5-7-14-8-10/h5,7-9,11-12H,4,6H2,1-3H3. The van der Waals surface area contributed by atoms with Crippen molar-refractivity contribution in [1.29, 1.82) is 0 Å². The van der Waals surface area contributed by atoms with E-state index in [-0.39, 0.29) is 0 Å². The minimum atomic E-state index is 0.455. The van der Waals surface area contributed by atoms with Gasteiger partial charge in [0.1, 0.15) is 0 Å². The minimum Gasteiger partial charge on any atom is -0.385 e. The van der Waals surface area contributed by atoms with E-state index < -0.39 is 0 Å². The van der Waals surface area contributed by atoms with Gasteiger partial charge in [-0.3, -0.25) is 0 Å². The van der Waals surface area contributed by atoms with Crippen LogP contribution in [0.2, 0.25) is 0 Å². The van der Waals surface area contributed by atoms with Crippen LogP contribution in [-0.4, -0.2) is 20.8 Å². The summed E-state index contributed by atoms with van der Waals surface area (Å²) in [5.41, 5.74) is 1.39. The molecule has 1 aromatic heterocycles. The molecule has 0 aliphatic heterocycles. The molecule has 0 amide bonds. The molecule has 0 saturated heterocycles. The van der Waals surface area contributed by atoms with E-state index in [1.807, 2.05) is 7.05 Å². The Labute approximate surface area is 90.3 Å². The van der Waals surface area contributed by atoms with Gasteiger partial charge in [0, 0.05) is 19.8 Å². The molecule has 0 fully saturated rings. The van der Waals surface area contributed by atoms with Crippen molar-refractivity contribution in [2.45, 2.75) is 19.4 Å². The maximum absolute atomic E-state index is 5.10. The van der Waals surface area contributed by atoms with Crippen LogP contribution in [0.1, 0.15) is 24.9 Å². The zero-order chi connectivity index (χ0) is 10.4. The monoisotopic (exact) mass is 213 g/mol. The third kappa shape index (κ3) is 3.08. The van der Waals surface area contributed by atoms with Gasteiger partial charge in [0.25, 0.3) is 0 Å². The average Bonchev–Trinajstić information content (AvgIpc) is 2.69. The zero-order valence-electron chi connectivity index (χ0n) is 9.12. The van der Waals surface area contributed by atoms with Crippen LogP contribution in [0.5, 0.6) is 0 Å². The van der Waals surface area contributed by atoms with Crippen molar-refractivity contribution in [2.24, 2.45) is 5.92 Å². The topological polar surface area (TPSA) is 21.3 Å². The lowest BCUT2D eigenvalue weighted by molar-refractivity contribution is 0.171. The van der Waals surface area contributed by atoms with E-state index in [2.05, 4.69) is 29.1 Å². The van der Waals surface area contributed by atoms with Gasteiger partial charge >= 0.3 is 0 Å². The van der Waals surface area contributed by atoms with E-state index in [9.17, 15) is 0 Å². The summed E-state index contributed by atoms with van der Waals surface area (Å²) in [6.45, 7) is 3.10. The van der Waals surface area contributed by atoms with E-state index >= 15 is 0 Å². The average molecular weight is 213 g/mol. The summed E-state index contributed by atoms with van der Waals surface area (Å²) in [4.78, 5) is 0. The largest absolute Gasteiger partial charge is 0.385 e. The molecule has 1 N–H and O–H groups in total. The highest BCUT2D eigenvalue weighted by atomic mass is 32.1. The molecule has 2 nitrogen and oxygen atoms in total. The SMILES string of the molecule is CNC(c1ccsc1)C(C)CCOC. The van der Waals surface area contributed by atoms with Crippen LogP contribution < -0.4 is 5.32 Å². The fraction of sp³-hybridized carbons (Fsp3) is 0.636. The van der Waals surface area contributed by atoms with Crippen molar-refractivity contribution >= 4 is 11.3 Å². The highest BCUT2D eigenvalue weighted by molar-refractivity contribution is 7.07. The van der Waals surface area contributed by atoms with E-state index in [0.29, 0.717) is 12.0 Å². The zero-order valence-corrected chi connectivity index (χ0v) is 9.93. The van der Waals surface area contributed by atoms with E-state index in [4.69, 9.17) is 4.74 Å². The minimum absolute atomic E-state index is 0.455. The van der Waals surface area contributed by atoms with Gasteiger partial charge in [-0.15, -0.1) is 0 Å². The Balaban J connectivity index is 2.53. The van der Waals surface area contributed by atoms with E-state index in [1.165, 1.54) is 5.56 Å². The molecule has 1 aromatic rings. The molecular weight excluding hydrogens is 194 g/mol. The fourth-order valence-electron chi connectivity index (χ4n) is 1.70. The molecule has 14 heavy (non-hydrogen) atoms. The Hall–Kier alpha value is -0.380. The van der Waals surface area contributed by atoms with Crippen molar-refractivity contribution in [3.8, 4) is 0 Å².